The Balaban J connectivity index is 1.42. The lowest BCUT2D eigenvalue weighted by Crippen LogP contribution is -2.66. The number of allylic oxidation sites excluding steroid dienone is 7. The fourth-order valence-corrected chi connectivity index (χ4v) is 11.5. The first-order chi connectivity index (χ1) is 42.3. The first-order valence-electron chi connectivity index (χ1n) is 34.4. The quantitative estimate of drug-likeness (QED) is 0.0200. The molecule has 0 spiro atoms. The molecular weight excluding hydrogens is 1120 g/mol. The van der Waals surface area contributed by atoms with Crippen LogP contribution in [0.25, 0.3) is 0 Å². The number of rotatable bonds is 52. The summed E-state index contributed by atoms with van der Waals surface area (Å²) in [5.41, 5.74) is 0. The van der Waals surface area contributed by atoms with Gasteiger partial charge < -0.3 is 89.9 Å². The van der Waals surface area contributed by atoms with Crippen LogP contribution in [-0.2, 0) is 33.2 Å². The summed E-state index contributed by atoms with van der Waals surface area (Å²) in [6.07, 6.45) is 32.7. The summed E-state index contributed by atoms with van der Waals surface area (Å²) in [5.74, 6) is -0.300. The molecule has 87 heavy (non-hydrogen) atoms. The van der Waals surface area contributed by atoms with Gasteiger partial charge in [0.05, 0.1) is 38.6 Å². The van der Waals surface area contributed by atoms with Crippen LogP contribution in [0.5, 0.6) is 0 Å². The minimum atomic E-state index is -1.98. The van der Waals surface area contributed by atoms with Crippen molar-refractivity contribution in [2.24, 2.45) is 0 Å². The molecule has 17 unspecified atom stereocenters. The minimum Gasteiger partial charge on any atom is -0.394 e. The summed E-state index contributed by atoms with van der Waals surface area (Å²) in [4.78, 5) is 13.3. The van der Waals surface area contributed by atoms with Crippen molar-refractivity contribution in [3.8, 4) is 0 Å². The van der Waals surface area contributed by atoms with E-state index in [0.717, 1.165) is 64.2 Å². The molecule has 0 aromatic carbocycles. The largest absolute Gasteiger partial charge is 0.394 e. The highest BCUT2D eigenvalue weighted by Crippen LogP contribution is 2.33. The van der Waals surface area contributed by atoms with Crippen LogP contribution in [0.1, 0.15) is 245 Å². The van der Waals surface area contributed by atoms with Gasteiger partial charge in [-0.3, -0.25) is 4.79 Å². The lowest BCUT2D eigenvalue weighted by molar-refractivity contribution is -0.379. The Morgan fingerprint density at radius 1 is 0.402 bits per heavy atom. The Hall–Kier alpha value is -2.25. The summed E-state index contributed by atoms with van der Waals surface area (Å²) in [6.45, 7) is 1.67. The molecular formula is C68H123NO18. The maximum Gasteiger partial charge on any atom is 0.220 e. The normalized spacial score (nSPS) is 28.9. The van der Waals surface area contributed by atoms with E-state index in [9.17, 15) is 61.0 Å². The highest BCUT2D eigenvalue weighted by molar-refractivity contribution is 5.76. The van der Waals surface area contributed by atoms with Crippen LogP contribution >= 0.6 is 0 Å². The van der Waals surface area contributed by atoms with Crippen molar-refractivity contribution in [2.45, 2.75) is 349 Å². The maximum atomic E-state index is 13.3. The van der Waals surface area contributed by atoms with E-state index >= 15 is 0 Å². The minimum absolute atomic E-state index is 0.221. The van der Waals surface area contributed by atoms with Gasteiger partial charge in [0, 0.05) is 6.42 Å². The molecule has 19 heteroatoms. The molecule has 0 saturated carbocycles. The van der Waals surface area contributed by atoms with E-state index in [1.54, 1.807) is 6.08 Å². The van der Waals surface area contributed by atoms with Crippen molar-refractivity contribution >= 4 is 5.91 Å². The van der Waals surface area contributed by atoms with E-state index in [2.05, 4.69) is 55.6 Å². The van der Waals surface area contributed by atoms with Gasteiger partial charge in [-0.25, -0.2) is 0 Å². The highest BCUT2D eigenvalue weighted by atomic mass is 16.8. The second-order valence-corrected chi connectivity index (χ2v) is 24.6. The van der Waals surface area contributed by atoms with Crippen molar-refractivity contribution in [1.82, 2.24) is 5.32 Å². The van der Waals surface area contributed by atoms with Gasteiger partial charge >= 0.3 is 0 Å². The standard InChI is InChI=1S/C68H123NO18/c1-3-5-7-9-11-13-15-17-18-19-20-21-22-23-24-25-26-27-28-29-30-31-32-33-34-35-37-39-41-43-45-52(73)51(69-56(74)46-44-42-40-38-36-16-14-12-10-8-6-4-2)50-82-66-62(80)59(77)64(54(48-71)84-66)87-68-63(81)60(78)65(55(49-72)85-68)86-67-61(79)58(76)57(75)53(47-70)83-67/h12,14,31-32,35,37,43,45,51-55,57-68,70-73,75-81H,3-11,13,15-30,33-34,36,38-42,44,46-50H2,1-2H3,(H,69,74)/b14-12-,32-31+,37-35+,45-43+. The number of nitrogens with one attached hydrogen (secondary N) is 1. The van der Waals surface area contributed by atoms with Gasteiger partial charge in [-0.2, -0.15) is 0 Å². The molecule has 0 aliphatic carbocycles. The number of aliphatic hydroxyl groups excluding tert-OH is 11. The van der Waals surface area contributed by atoms with Crippen LogP contribution in [0.15, 0.2) is 48.6 Å². The van der Waals surface area contributed by atoms with Crippen LogP contribution in [-0.4, -0.2) is 193 Å². The number of carbonyl (C=O) groups is 1. The topological polar surface area (TPSA) is 307 Å². The molecule has 0 radical (unpaired) electrons. The number of aliphatic hydroxyl groups is 11. The first kappa shape index (κ1) is 79.0. The third-order valence-electron chi connectivity index (χ3n) is 17.1. The fraction of sp³-hybridized carbons (Fsp3) is 0.868. The van der Waals surface area contributed by atoms with Crippen LogP contribution in [0.3, 0.4) is 0 Å². The van der Waals surface area contributed by atoms with Gasteiger partial charge in [0.15, 0.2) is 18.9 Å². The summed E-state index contributed by atoms with van der Waals surface area (Å²) < 4.78 is 34.3. The molecule has 3 rings (SSSR count). The third kappa shape index (κ3) is 32.7. The average molecular weight is 1240 g/mol. The van der Waals surface area contributed by atoms with Gasteiger partial charge in [0.2, 0.25) is 5.91 Å². The number of carbonyl (C=O) groups excluding carboxylic acids is 1. The number of ether oxygens (including phenoxy) is 6. The predicted molar refractivity (Wildman–Crippen MR) is 337 cm³/mol. The van der Waals surface area contributed by atoms with Crippen molar-refractivity contribution < 1.29 is 89.4 Å². The SMILES string of the molecule is CCCCC/C=C\CCCCCCCC(=O)NC(COC1OC(CO)C(OC2OC(CO)C(OC3OC(CO)C(O)C(O)C3O)C(O)C2O)C(O)C1O)C(O)/C=C/CC/C=C/CC/C=C/CCCCCCCCCCCCCCCCCCCCCC. The van der Waals surface area contributed by atoms with Crippen LogP contribution in [0.2, 0.25) is 0 Å². The van der Waals surface area contributed by atoms with Gasteiger partial charge in [0.1, 0.15) is 73.2 Å². The van der Waals surface area contributed by atoms with Crippen molar-refractivity contribution in [3.63, 3.8) is 0 Å². The van der Waals surface area contributed by atoms with E-state index in [1.807, 2.05) is 6.08 Å². The molecule has 3 saturated heterocycles. The maximum absolute atomic E-state index is 13.3. The van der Waals surface area contributed by atoms with Crippen molar-refractivity contribution in [2.75, 3.05) is 26.4 Å². The number of unbranched alkanes of at least 4 members (excludes halogenated alkanes) is 30. The Kier molecular flexibility index (Phi) is 45.7. The molecule has 0 aromatic rings. The molecule has 0 bridgehead atoms. The first-order valence-corrected chi connectivity index (χ1v) is 34.4. The third-order valence-corrected chi connectivity index (χ3v) is 17.1. The highest BCUT2D eigenvalue weighted by Gasteiger charge is 2.53. The van der Waals surface area contributed by atoms with E-state index in [4.69, 9.17) is 28.4 Å². The summed E-state index contributed by atoms with van der Waals surface area (Å²) in [7, 11) is 0. The Bertz CT molecular complexity index is 1770. The number of hydrogen-bond acceptors (Lipinski definition) is 18. The predicted octanol–water partition coefficient (Wildman–Crippen LogP) is 8.61. The van der Waals surface area contributed by atoms with Crippen LogP contribution in [0, 0.1) is 0 Å². The number of amides is 1. The van der Waals surface area contributed by atoms with Gasteiger partial charge in [-0.15, -0.1) is 0 Å². The Labute approximate surface area is 523 Å². The van der Waals surface area contributed by atoms with E-state index in [0.29, 0.717) is 12.8 Å². The number of hydrogen-bond donors (Lipinski definition) is 12. The van der Waals surface area contributed by atoms with E-state index < -0.39 is 124 Å². The Morgan fingerprint density at radius 2 is 0.736 bits per heavy atom. The Morgan fingerprint density at radius 3 is 1.17 bits per heavy atom. The van der Waals surface area contributed by atoms with Crippen molar-refractivity contribution in [3.05, 3.63) is 48.6 Å². The molecule has 19 nitrogen and oxygen atoms in total. The monoisotopic (exact) mass is 1240 g/mol. The summed E-state index contributed by atoms with van der Waals surface area (Å²) in [5, 5.41) is 120. The van der Waals surface area contributed by atoms with E-state index in [-0.39, 0.29) is 18.9 Å². The van der Waals surface area contributed by atoms with E-state index in [1.165, 1.54) is 148 Å². The molecule has 3 fully saturated rings. The molecule has 508 valence electrons. The lowest BCUT2D eigenvalue weighted by atomic mass is 9.96. The van der Waals surface area contributed by atoms with Gasteiger partial charge in [-0.1, -0.05) is 217 Å². The summed E-state index contributed by atoms with van der Waals surface area (Å²) in [6, 6.07) is -1.00. The molecule has 1 amide bonds. The molecule has 17 atom stereocenters. The molecule has 3 aliphatic rings. The zero-order chi connectivity index (χ0) is 63.3. The molecule has 0 aromatic heterocycles. The van der Waals surface area contributed by atoms with Crippen LogP contribution < -0.4 is 5.32 Å². The second-order valence-electron chi connectivity index (χ2n) is 24.6. The lowest BCUT2D eigenvalue weighted by Gasteiger charge is -2.48. The molecule has 3 aliphatic heterocycles. The van der Waals surface area contributed by atoms with Crippen molar-refractivity contribution in [1.29, 1.82) is 0 Å². The van der Waals surface area contributed by atoms with Gasteiger partial charge in [0.25, 0.3) is 0 Å². The summed E-state index contributed by atoms with van der Waals surface area (Å²) >= 11 is 0. The fourth-order valence-electron chi connectivity index (χ4n) is 11.5. The zero-order valence-electron chi connectivity index (χ0n) is 53.5. The molecule has 12 N–H and O–H groups in total. The zero-order valence-corrected chi connectivity index (χ0v) is 53.5. The van der Waals surface area contributed by atoms with Crippen LogP contribution in [0.4, 0.5) is 0 Å². The second kappa shape index (κ2) is 50.3. The smallest absolute Gasteiger partial charge is 0.220 e. The average Bonchev–Trinajstić information content (AvgIpc) is 3.24. The van der Waals surface area contributed by atoms with Gasteiger partial charge in [-0.05, 0) is 70.6 Å². The molecule has 3 heterocycles.